The molecule has 0 saturated carbocycles. The predicted octanol–water partition coefficient (Wildman–Crippen LogP) is 2.53. The molecule has 3 N–H and O–H groups in total. The highest BCUT2D eigenvalue weighted by molar-refractivity contribution is 7.15. The van der Waals surface area contributed by atoms with Gasteiger partial charge in [0, 0.05) is 5.56 Å². The van der Waals surface area contributed by atoms with Crippen molar-refractivity contribution in [1.82, 2.24) is 15.6 Å². The van der Waals surface area contributed by atoms with Gasteiger partial charge in [-0.1, -0.05) is 35.6 Å². The number of rotatable bonds is 7. The van der Waals surface area contributed by atoms with E-state index < -0.39 is 0 Å². The number of carbonyl (C=O) groups is 1. The normalized spacial score (nSPS) is 10.9. The SMILES string of the molecule is Nc1nnc(CC(=O)NN=Cc2ccccc2OCc2ccc(F)cc2)s1. The van der Waals surface area contributed by atoms with Crippen LogP contribution in [0.5, 0.6) is 5.75 Å². The van der Waals surface area contributed by atoms with Crippen molar-refractivity contribution in [1.29, 1.82) is 0 Å². The summed E-state index contributed by atoms with van der Waals surface area (Å²) in [7, 11) is 0. The fraction of sp³-hybridized carbons (Fsp3) is 0.111. The monoisotopic (exact) mass is 385 g/mol. The molecule has 138 valence electrons. The van der Waals surface area contributed by atoms with E-state index in [1.165, 1.54) is 18.3 Å². The molecule has 0 radical (unpaired) electrons. The van der Waals surface area contributed by atoms with Crippen molar-refractivity contribution >= 4 is 28.6 Å². The van der Waals surface area contributed by atoms with Crippen LogP contribution in [0.3, 0.4) is 0 Å². The third-order valence-corrected chi connectivity index (χ3v) is 4.17. The van der Waals surface area contributed by atoms with E-state index in [1.54, 1.807) is 24.3 Å². The van der Waals surface area contributed by atoms with Gasteiger partial charge in [-0.05, 0) is 29.8 Å². The molecule has 0 aliphatic heterocycles. The second-order valence-electron chi connectivity index (χ2n) is 5.46. The van der Waals surface area contributed by atoms with E-state index in [9.17, 15) is 9.18 Å². The minimum absolute atomic E-state index is 0.0505. The number of para-hydroxylation sites is 1. The molecule has 27 heavy (non-hydrogen) atoms. The van der Waals surface area contributed by atoms with E-state index >= 15 is 0 Å². The Hall–Kier alpha value is -3.33. The van der Waals surface area contributed by atoms with E-state index in [0.717, 1.165) is 16.9 Å². The first-order chi connectivity index (χ1) is 13.1. The van der Waals surface area contributed by atoms with Gasteiger partial charge in [0.25, 0.3) is 0 Å². The van der Waals surface area contributed by atoms with Crippen molar-refractivity contribution in [3.8, 4) is 5.75 Å². The highest BCUT2D eigenvalue weighted by Crippen LogP contribution is 2.18. The number of nitrogens with one attached hydrogen (secondary N) is 1. The quantitative estimate of drug-likeness (QED) is 0.481. The molecular weight excluding hydrogens is 369 g/mol. The Balaban J connectivity index is 1.57. The van der Waals surface area contributed by atoms with Crippen LogP contribution in [0, 0.1) is 5.82 Å². The number of hydrogen-bond acceptors (Lipinski definition) is 7. The van der Waals surface area contributed by atoms with Crippen molar-refractivity contribution in [2.45, 2.75) is 13.0 Å². The number of nitrogens with two attached hydrogens (primary N) is 1. The lowest BCUT2D eigenvalue weighted by molar-refractivity contribution is -0.120. The smallest absolute Gasteiger partial charge is 0.247 e. The molecule has 3 aromatic rings. The zero-order valence-corrected chi connectivity index (χ0v) is 14.9. The molecule has 0 atom stereocenters. The molecular formula is C18H16FN5O2S. The van der Waals surface area contributed by atoms with Gasteiger partial charge in [-0.3, -0.25) is 4.79 Å². The Morgan fingerprint density at radius 1 is 1.22 bits per heavy atom. The fourth-order valence-corrected chi connectivity index (χ4v) is 2.76. The van der Waals surface area contributed by atoms with Gasteiger partial charge < -0.3 is 10.5 Å². The molecule has 0 unspecified atom stereocenters. The Kier molecular flexibility index (Phi) is 6.06. The van der Waals surface area contributed by atoms with Crippen LogP contribution in [0.1, 0.15) is 16.1 Å². The number of nitrogens with zero attached hydrogens (tertiary/aromatic N) is 3. The number of aromatic nitrogens is 2. The number of carbonyl (C=O) groups excluding carboxylic acids is 1. The molecule has 9 heteroatoms. The molecule has 1 amide bonds. The van der Waals surface area contributed by atoms with Crippen LogP contribution >= 0.6 is 11.3 Å². The summed E-state index contributed by atoms with van der Waals surface area (Å²) in [6, 6.07) is 13.3. The number of ether oxygens (including phenoxy) is 1. The maximum atomic E-state index is 13.0. The number of anilines is 1. The van der Waals surface area contributed by atoms with Gasteiger partial charge in [0.05, 0.1) is 12.6 Å². The van der Waals surface area contributed by atoms with Gasteiger partial charge in [0.1, 0.15) is 23.2 Å². The molecule has 0 spiro atoms. The number of amides is 1. The van der Waals surface area contributed by atoms with Crippen LogP contribution in [0.4, 0.5) is 9.52 Å². The molecule has 3 rings (SSSR count). The molecule has 0 saturated heterocycles. The fourth-order valence-electron chi connectivity index (χ4n) is 2.15. The van der Waals surface area contributed by atoms with Crippen molar-refractivity contribution in [3.05, 3.63) is 70.5 Å². The van der Waals surface area contributed by atoms with Gasteiger partial charge in [-0.25, -0.2) is 9.82 Å². The van der Waals surface area contributed by atoms with Crippen molar-refractivity contribution < 1.29 is 13.9 Å². The van der Waals surface area contributed by atoms with Crippen molar-refractivity contribution in [3.63, 3.8) is 0 Å². The predicted molar refractivity (Wildman–Crippen MR) is 101 cm³/mol. The molecule has 0 bridgehead atoms. The molecule has 2 aromatic carbocycles. The Labute approximate surface area is 158 Å². The molecule has 0 fully saturated rings. The molecule has 1 heterocycles. The Morgan fingerprint density at radius 2 is 2.00 bits per heavy atom. The van der Waals surface area contributed by atoms with Crippen molar-refractivity contribution in [2.24, 2.45) is 5.10 Å². The highest BCUT2D eigenvalue weighted by Gasteiger charge is 2.07. The van der Waals surface area contributed by atoms with Crippen LogP contribution in [0.15, 0.2) is 53.6 Å². The van der Waals surface area contributed by atoms with E-state index in [4.69, 9.17) is 10.5 Å². The lowest BCUT2D eigenvalue weighted by atomic mass is 10.2. The van der Waals surface area contributed by atoms with Crippen LogP contribution in [0.2, 0.25) is 0 Å². The highest BCUT2D eigenvalue weighted by atomic mass is 32.1. The van der Waals surface area contributed by atoms with Crippen molar-refractivity contribution in [2.75, 3.05) is 5.73 Å². The Bertz CT molecular complexity index is 943. The minimum atomic E-state index is -0.327. The number of halogens is 1. The molecule has 0 aliphatic carbocycles. The zero-order valence-electron chi connectivity index (χ0n) is 14.1. The summed E-state index contributed by atoms with van der Waals surface area (Å²) < 4.78 is 18.7. The summed E-state index contributed by atoms with van der Waals surface area (Å²) in [6.07, 6.45) is 1.54. The first-order valence-corrected chi connectivity index (χ1v) is 8.78. The number of hydrazone groups is 1. The van der Waals surface area contributed by atoms with Crippen LogP contribution in [0.25, 0.3) is 0 Å². The molecule has 1 aromatic heterocycles. The standard InChI is InChI=1S/C18H16FN5O2S/c19-14-7-5-12(6-8-14)11-26-15-4-2-1-3-13(15)10-21-22-16(25)9-17-23-24-18(20)27-17/h1-8,10H,9,11H2,(H2,20,24)(H,22,25). The first kappa shape index (κ1) is 18.5. The van der Waals surface area contributed by atoms with Crippen LogP contribution in [-0.2, 0) is 17.8 Å². The summed E-state index contributed by atoms with van der Waals surface area (Å²) in [5.74, 6) is -0.0259. The third-order valence-electron chi connectivity index (χ3n) is 3.41. The molecule has 0 aliphatic rings. The van der Waals surface area contributed by atoms with Gasteiger partial charge in [0.15, 0.2) is 0 Å². The van der Waals surface area contributed by atoms with Gasteiger partial charge >= 0.3 is 0 Å². The Morgan fingerprint density at radius 3 is 2.74 bits per heavy atom. The van der Waals surface area contributed by atoms with Gasteiger partial charge in [-0.15, -0.1) is 10.2 Å². The lowest BCUT2D eigenvalue weighted by Crippen LogP contribution is -2.19. The summed E-state index contributed by atoms with van der Waals surface area (Å²) in [5, 5.41) is 12.2. The number of hydrogen-bond donors (Lipinski definition) is 2. The maximum absolute atomic E-state index is 13.0. The molecule has 7 nitrogen and oxygen atoms in total. The van der Waals surface area contributed by atoms with Gasteiger partial charge in [-0.2, -0.15) is 5.10 Å². The topological polar surface area (TPSA) is 102 Å². The second kappa shape index (κ2) is 8.86. The van der Waals surface area contributed by atoms with Crippen LogP contribution in [-0.4, -0.2) is 22.3 Å². The van der Waals surface area contributed by atoms with E-state index in [2.05, 4.69) is 20.7 Å². The van der Waals surface area contributed by atoms with E-state index in [0.29, 0.717) is 21.5 Å². The summed E-state index contributed by atoms with van der Waals surface area (Å²) in [5.41, 5.74) is 9.44. The summed E-state index contributed by atoms with van der Waals surface area (Å²) >= 11 is 1.15. The zero-order chi connectivity index (χ0) is 19.1. The number of nitrogen functional groups attached to an aromatic ring is 1. The van der Waals surface area contributed by atoms with E-state index in [-0.39, 0.29) is 24.8 Å². The summed E-state index contributed by atoms with van der Waals surface area (Å²) in [6.45, 7) is 0.288. The number of benzene rings is 2. The third kappa shape index (κ3) is 5.58. The first-order valence-electron chi connectivity index (χ1n) is 7.96. The van der Waals surface area contributed by atoms with Gasteiger partial charge in [0.2, 0.25) is 11.0 Å². The average molecular weight is 385 g/mol. The second-order valence-corrected chi connectivity index (χ2v) is 6.55. The van der Waals surface area contributed by atoms with Crippen LogP contribution < -0.4 is 15.9 Å². The maximum Gasteiger partial charge on any atom is 0.247 e. The minimum Gasteiger partial charge on any atom is -0.488 e. The summed E-state index contributed by atoms with van der Waals surface area (Å²) in [4.78, 5) is 11.8. The largest absolute Gasteiger partial charge is 0.488 e. The lowest BCUT2D eigenvalue weighted by Gasteiger charge is -2.09. The average Bonchev–Trinajstić information content (AvgIpc) is 3.07. The van der Waals surface area contributed by atoms with E-state index in [1.807, 2.05) is 12.1 Å².